The molecule has 0 unspecified atom stereocenters. The molecule has 0 aliphatic heterocycles. The fourth-order valence-corrected chi connectivity index (χ4v) is 0.427. The van der Waals surface area contributed by atoms with Crippen LogP contribution >= 0.6 is 0 Å². The monoisotopic (exact) mass is 201 g/mol. The summed E-state index contributed by atoms with van der Waals surface area (Å²) in [5, 5.41) is 1.10. The number of hydrogen-bond donors (Lipinski definition) is 0. The lowest BCUT2D eigenvalue weighted by molar-refractivity contribution is -0.162. The summed E-state index contributed by atoms with van der Waals surface area (Å²) < 4.78 is 4.72. The molecule has 0 bridgehead atoms. The van der Waals surface area contributed by atoms with Gasteiger partial charge in [-0.05, 0) is 6.08 Å². The van der Waals surface area contributed by atoms with Crippen molar-refractivity contribution in [2.45, 2.75) is 13.8 Å². The van der Waals surface area contributed by atoms with E-state index in [0.29, 0.717) is 5.76 Å². The van der Waals surface area contributed by atoms with Crippen molar-refractivity contribution in [1.29, 1.82) is 0 Å². The van der Waals surface area contributed by atoms with Gasteiger partial charge in [0.15, 0.2) is 0 Å². The second-order valence-corrected chi connectivity index (χ2v) is 2.02. The summed E-state index contributed by atoms with van der Waals surface area (Å²) in [5.74, 6) is 0.156. The average molecular weight is 201 g/mol. The summed E-state index contributed by atoms with van der Waals surface area (Å²) in [7, 11) is 4.41. The first-order valence-electron chi connectivity index (χ1n) is 4.34. The number of hydroxylamine groups is 2. The van der Waals surface area contributed by atoms with Crippen LogP contribution in [0.25, 0.3) is 0 Å². The largest absolute Gasteiger partial charge is 0.497 e. The van der Waals surface area contributed by atoms with E-state index in [4.69, 9.17) is 4.74 Å². The molecule has 0 N–H and O–H groups in total. The minimum absolute atomic E-state index is 0.268. The summed E-state index contributed by atoms with van der Waals surface area (Å²) in [4.78, 5) is 15.7. The van der Waals surface area contributed by atoms with Gasteiger partial charge in [0.05, 0.1) is 14.2 Å². The van der Waals surface area contributed by atoms with Crippen LogP contribution in [0.5, 0.6) is 0 Å². The minimum atomic E-state index is -0.268. The lowest BCUT2D eigenvalue weighted by Gasteiger charge is -2.09. The number of likely N-dealkylation sites (N-methyl/N-ethyl adjacent to an activating group) is 1. The molecular weight excluding hydrogens is 182 g/mol. The van der Waals surface area contributed by atoms with Crippen LogP contribution in [0.3, 0.4) is 0 Å². The zero-order chi connectivity index (χ0) is 11.6. The van der Waals surface area contributed by atoms with Crippen LogP contribution < -0.4 is 0 Å². The third kappa shape index (κ3) is 7.36. The lowest BCUT2D eigenvalue weighted by atomic mass is 10.4. The molecule has 4 heteroatoms. The SMILES string of the molecule is C=C(/C=C/C(=O)N(C)OC)OC.CC. The van der Waals surface area contributed by atoms with Crippen molar-refractivity contribution in [2.75, 3.05) is 21.3 Å². The fraction of sp³-hybridized carbons (Fsp3) is 0.500. The highest BCUT2D eigenvalue weighted by Crippen LogP contribution is 1.94. The van der Waals surface area contributed by atoms with Crippen molar-refractivity contribution >= 4 is 5.91 Å². The molecule has 0 saturated carbocycles. The maximum Gasteiger partial charge on any atom is 0.269 e. The highest BCUT2D eigenvalue weighted by atomic mass is 16.7. The number of hydrogen-bond acceptors (Lipinski definition) is 3. The fourth-order valence-electron chi connectivity index (χ4n) is 0.427. The molecule has 1 amide bonds. The molecule has 0 radical (unpaired) electrons. The quantitative estimate of drug-likeness (QED) is 0.301. The molecule has 0 fully saturated rings. The summed E-state index contributed by atoms with van der Waals surface area (Å²) in [6, 6.07) is 0. The van der Waals surface area contributed by atoms with E-state index in [9.17, 15) is 4.79 Å². The number of nitrogens with zero attached hydrogens (tertiary/aromatic N) is 1. The van der Waals surface area contributed by atoms with Crippen LogP contribution in [0.15, 0.2) is 24.5 Å². The third-order valence-electron chi connectivity index (χ3n) is 1.26. The molecule has 0 aliphatic carbocycles. The zero-order valence-corrected chi connectivity index (χ0v) is 9.53. The van der Waals surface area contributed by atoms with Gasteiger partial charge in [-0.15, -0.1) is 0 Å². The van der Waals surface area contributed by atoms with E-state index in [1.165, 1.54) is 33.4 Å². The Morgan fingerprint density at radius 3 is 2.14 bits per heavy atom. The number of allylic oxidation sites excluding steroid dienone is 1. The first-order chi connectivity index (χ1) is 6.61. The maximum absolute atomic E-state index is 11.0. The van der Waals surface area contributed by atoms with Gasteiger partial charge in [0, 0.05) is 13.1 Å². The minimum Gasteiger partial charge on any atom is -0.497 e. The van der Waals surface area contributed by atoms with Gasteiger partial charge in [0.1, 0.15) is 5.76 Å². The van der Waals surface area contributed by atoms with Crippen LogP contribution in [0.1, 0.15) is 13.8 Å². The molecule has 4 nitrogen and oxygen atoms in total. The van der Waals surface area contributed by atoms with E-state index in [1.807, 2.05) is 13.8 Å². The molecular formula is C10H19NO3. The number of ether oxygens (including phenoxy) is 1. The van der Waals surface area contributed by atoms with E-state index in [1.54, 1.807) is 0 Å². The Kier molecular flexibility index (Phi) is 10.6. The number of carbonyl (C=O) groups is 1. The van der Waals surface area contributed by atoms with Crippen molar-refractivity contribution in [3.63, 3.8) is 0 Å². The van der Waals surface area contributed by atoms with Crippen LogP contribution in [0.2, 0.25) is 0 Å². The van der Waals surface area contributed by atoms with Gasteiger partial charge in [-0.3, -0.25) is 9.63 Å². The standard InChI is InChI=1S/C8H13NO3.C2H6/c1-7(11-3)5-6-8(10)9(2)12-4;1-2/h5-6H,1H2,2-4H3;1-2H3/b6-5+;. The molecule has 0 rings (SSSR count). The summed E-state index contributed by atoms with van der Waals surface area (Å²) in [6.07, 6.45) is 2.78. The number of carbonyl (C=O) groups excluding carboxylic acids is 1. The van der Waals surface area contributed by atoms with Crippen molar-refractivity contribution in [3.05, 3.63) is 24.5 Å². The predicted octanol–water partition coefficient (Wildman–Crippen LogP) is 1.75. The van der Waals surface area contributed by atoms with Gasteiger partial charge in [0.2, 0.25) is 0 Å². The van der Waals surface area contributed by atoms with E-state index >= 15 is 0 Å². The van der Waals surface area contributed by atoms with Gasteiger partial charge < -0.3 is 4.74 Å². The van der Waals surface area contributed by atoms with Crippen LogP contribution in [0.4, 0.5) is 0 Å². The normalized spacial score (nSPS) is 8.93. The molecule has 0 aromatic rings. The summed E-state index contributed by atoms with van der Waals surface area (Å²) in [6.45, 7) is 7.51. The molecule has 0 heterocycles. The molecule has 0 aliphatic rings. The summed E-state index contributed by atoms with van der Waals surface area (Å²) >= 11 is 0. The molecule has 0 aromatic heterocycles. The molecule has 0 saturated heterocycles. The van der Waals surface area contributed by atoms with E-state index in [2.05, 4.69) is 11.4 Å². The molecule has 0 spiro atoms. The van der Waals surface area contributed by atoms with Gasteiger partial charge >= 0.3 is 0 Å². The van der Waals surface area contributed by atoms with Gasteiger partial charge in [0.25, 0.3) is 5.91 Å². The number of amides is 1. The van der Waals surface area contributed by atoms with Crippen molar-refractivity contribution in [1.82, 2.24) is 5.06 Å². The maximum atomic E-state index is 11.0. The van der Waals surface area contributed by atoms with Crippen molar-refractivity contribution in [2.24, 2.45) is 0 Å². The number of methoxy groups -OCH3 is 1. The lowest BCUT2D eigenvalue weighted by Crippen LogP contribution is -2.23. The molecule has 0 atom stereocenters. The van der Waals surface area contributed by atoms with E-state index < -0.39 is 0 Å². The second kappa shape index (κ2) is 9.80. The van der Waals surface area contributed by atoms with Crippen LogP contribution in [0, 0.1) is 0 Å². The second-order valence-electron chi connectivity index (χ2n) is 2.02. The third-order valence-corrected chi connectivity index (χ3v) is 1.26. The predicted molar refractivity (Wildman–Crippen MR) is 56.4 cm³/mol. The molecule has 0 aromatic carbocycles. The molecule has 14 heavy (non-hydrogen) atoms. The Balaban J connectivity index is 0. The van der Waals surface area contributed by atoms with Gasteiger partial charge in [-0.2, -0.15) is 0 Å². The molecule has 82 valence electrons. The van der Waals surface area contributed by atoms with Gasteiger partial charge in [-0.25, -0.2) is 5.06 Å². The van der Waals surface area contributed by atoms with E-state index in [-0.39, 0.29) is 5.91 Å². The first kappa shape index (κ1) is 15.2. The highest BCUT2D eigenvalue weighted by molar-refractivity contribution is 5.86. The topological polar surface area (TPSA) is 38.8 Å². The van der Waals surface area contributed by atoms with E-state index in [0.717, 1.165) is 5.06 Å². The van der Waals surface area contributed by atoms with Crippen molar-refractivity contribution in [3.8, 4) is 0 Å². The number of rotatable bonds is 4. The summed E-state index contributed by atoms with van der Waals surface area (Å²) in [5.41, 5.74) is 0. The Morgan fingerprint density at radius 1 is 1.29 bits per heavy atom. The highest BCUT2D eigenvalue weighted by Gasteiger charge is 2.01. The van der Waals surface area contributed by atoms with Crippen LogP contribution in [-0.4, -0.2) is 32.2 Å². The van der Waals surface area contributed by atoms with Gasteiger partial charge in [-0.1, -0.05) is 20.4 Å². The Morgan fingerprint density at radius 2 is 1.79 bits per heavy atom. The van der Waals surface area contributed by atoms with Crippen LogP contribution in [-0.2, 0) is 14.4 Å². The first-order valence-corrected chi connectivity index (χ1v) is 4.34. The Labute approximate surface area is 85.8 Å². The Hall–Kier alpha value is -1.29. The van der Waals surface area contributed by atoms with Crippen molar-refractivity contribution < 1.29 is 14.4 Å². The average Bonchev–Trinajstić information content (AvgIpc) is 2.26. The zero-order valence-electron chi connectivity index (χ0n) is 9.53. The smallest absolute Gasteiger partial charge is 0.269 e. The Bertz CT molecular complexity index is 200.